The molecule has 1 amide bonds. The molecule has 0 aliphatic carbocycles. The summed E-state index contributed by atoms with van der Waals surface area (Å²) in [5.41, 5.74) is 1.42. The highest BCUT2D eigenvalue weighted by Crippen LogP contribution is 2.30. The lowest BCUT2D eigenvalue weighted by Crippen LogP contribution is -2.38. The average Bonchev–Trinajstić information content (AvgIpc) is 2.70. The van der Waals surface area contributed by atoms with E-state index in [0.29, 0.717) is 30.1 Å². The SMILES string of the molecule is COc1ccc(Cl)cc1C(=O)OCC(=O)N1CCCc2cc([N+](=O)[O-])ccc21. The fourth-order valence-corrected chi connectivity index (χ4v) is 3.25. The van der Waals surface area contributed by atoms with E-state index in [1.54, 1.807) is 12.1 Å². The van der Waals surface area contributed by atoms with Crippen molar-refractivity contribution in [1.29, 1.82) is 0 Å². The van der Waals surface area contributed by atoms with Crippen LogP contribution >= 0.6 is 11.6 Å². The lowest BCUT2D eigenvalue weighted by atomic mass is 10.0. The van der Waals surface area contributed by atoms with E-state index in [1.165, 1.54) is 36.3 Å². The first kappa shape index (κ1) is 19.6. The number of benzene rings is 2. The second kappa shape index (κ2) is 8.26. The van der Waals surface area contributed by atoms with Gasteiger partial charge in [-0.05, 0) is 42.7 Å². The monoisotopic (exact) mass is 404 g/mol. The minimum atomic E-state index is -0.728. The molecule has 0 atom stereocenters. The molecule has 0 fully saturated rings. The Balaban J connectivity index is 1.72. The first-order valence-electron chi connectivity index (χ1n) is 8.49. The summed E-state index contributed by atoms with van der Waals surface area (Å²) in [7, 11) is 1.41. The molecule has 2 aromatic carbocycles. The predicted molar refractivity (Wildman–Crippen MR) is 102 cm³/mol. The number of non-ortho nitro benzene ring substituents is 1. The molecule has 1 aliphatic heterocycles. The van der Waals surface area contributed by atoms with Gasteiger partial charge in [-0.1, -0.05) is 11.6 Å². The number of hydrogen-bond donors (Lipinski definition) is 0. The molecular weight excluding hydrogens is 388 g/mol. The van der Waals surface area contributed by atoms with E-state index < -0.39 is 23.4 Å². The maximum absolute atomic E-state index is 12.6. The van der Waals surface area contributed by atoms with E-state index in [1.807, 2.05) is 0 Å². The number of anilines is 1. The van der Waals surface area contributed by atoms with Crippen LogP contribution in [0, 0.1) is 10.1 Å². The number of aryl methyl sites for hydroxylation is 1. The smallest absolute Gasteiger partial charge is 0.342 e. The van der Waals surface area contributed by atoms with Crippen molar-refractivity contribution >= 4 is 34.9 Å². The molecule has 146 valence electrons. The van der Waals surface area contributed by atoms with Gasteiger partial charge in [-0.2, -0.15) is 0 Å². The lowest BCUT2D eigenvalue weighted by Gasteiger charge is -2.29. The molecule has 8 nitrogen and oxygen atoms in total. The van der Waals surface area contributed by atoms with Gasteiger partial charge in [0.25, 0.3) is 11.6 Å². The van der Waals surface area contributed by atoms with E-state index in [9.17, 15) is 19.7 Å². The van der Waals surface area contributed by atoms with E-state index in [4.69, 9.17) is 21.1 Å². The molecule has 0 spiro atoms. The number of methoxy groups -OCH3 is 1. The highest BCUT2D eigenvalue weighted by atomic mass is 35.5. The molecule has 0 saturated heterocycles. The van der Waals surface area contributed by atoms with Gasteiger partial charge in [0.2, 0.25) is 0 Å². The molecule has 0 bridgehead atoms. The van der Waals surface area contributed by atoms with Gasteiger partial charge >= 0.3 is 5.97 Å². The Morgan fingerprint density at radius 2 is 2.04 bits per heavy atom. The van der Waals surface area contributed by atoms with Crippen LogP contribution in [0.1, 0.15) is 22.3 Å². The molecule has 0 unspecified atom stereocenters. The summed E-state index contributed by atoms with van der Waals surface area (Å²) in [6.07, 6.45) is 1.30. The van der Waals surface area contributed by atoms with Crippen molar-refractivity contribution in [2.24, 2.45) is 0 Å². The fourth-order valence-electron chi connectivity index (χ4n) is 3.08. The van der Waals surface area contributed by atoms with Crippen LogP contribution in [-0.2, 0) is 16.0 Å². The van der Waals surface area contributed by atoms with Crippen LogP contribution in [0.3, 0.4) is 0 Å². The largest absolute Gasteiger partial charge is 0.496 e. The Morgan fingerprint density at radius 3 is 2.75 bits per heavy atom. The summed E-state index contributed by atoms with van der Waals surface area (Å²) >= 11 is 5.91. The number of carbonyl (C=O) groups excluding carboxylic acids is 2. The number of amides is 1. The summed E-state index contributed by atoms with van der Waals surface area (Å²) in [4.78, 5) is 36.9. The Kier molecular flexibility index (Phi) is 5.79. The Labute approximate surface area is 165 Å². The number of halogens is 1. The Bertz CT molecular complexity index is 946. The molecule has 28 heavy (non-hydrogen) atoms. The van der Waals surface area contributed by atoms with Crippen molar-refractivity contribution in [2.45, 2.75) is 12.8 Å². The van der Waals surface area contributed by atoms with Crippen molar-refractivity contribution in [3.63, 3.8) is 0 Å². The zero-order valence-corrected chi connectivity index (χ0v) is 15.8. The van der Waals surface area contributed by atoms with Gasteiger partial charge in [0.15, 0.2) is 6.61 Å². The van der Waals surface area contributed by atoms with Crippen LogP contribution in [0.4, 0.5) is 11.4 Å². The van der Waals surface area contributed by atoms with Crippen molar-refractivity contribution in [3.8, 4) is 5.75 Å². The second-order valence-corrected chi connectivity index (χ2v) is 6.58. The first-order chi connectivity index (χ1) is 13.4. The standard InChI is InChI=1S/C19H17ClN2O6/c1-27-17-7-4-13(20)10-15(17)19(24)28-11-18(23)21-8-2-3-12-9-14(22(25)26)5-6-16(12)21/h4-7,9-10H,2-3,8,11H2,1H3. The number of carbonyl (C=O) groups is 2. The van der Waals surface area contributed by atoms with Gasteiger partial charge < -0.3 is 14.4 Å². The molecule has 0 saturated carbocycles. The van der Waals surface area contributed by atoms with Gasteiger partial charge in [-0.15, -0.1) is 0 Å². The van der Waals surface area contributed by atoms with Crippen LogP contribution in [0.5, 0.6) is 5.75 Å². The van der Waals surface area contributed by atoms with E-state index in [2.05, 4.69) is 0 Å². The third-order valence-corrected chi connectivity index (χ3v) is 4.64. The minimum absolute atomic E-state index is 0.0208. The normalized spacial score (nSPS) is 12.9. The number of hydrogen-bond acceptors (Lipinski definition) is 6. The quantitative estimate of drug-likeness (QED) is 0.430. The van der Waals surface area contributed by atoms with Gasteiger partial charge in [-0.3, -0.25) is 14.9 Å². The predicted octanol–water partition coefficient (Wildman–Crippen LogP) is 3.39. The number of nitro groups is 1. The van der Waals surface area contributed by atoms with E-state index in [-0.39, 0.29) is 17.0 Å². The summed E-state index contributed by atoms with van der Waals surface area (Å²) in [5.74, 6) is -0.852. The summed E-state index contributed by atoms with van der Waals surface area (Å²) in [5, 5.41) is 11.3. The number of nitro benzene ring substituents is 1. The maximum Gasteiger partial charge on any atom is 0.342 e. The third kappa shape index (κ3) is 4.07. The van der Waals surface area contributed by atoms with Gasteiger partial charge in [-0.25, -0.2) is 4.79 Å². The summed E-state index contributed by atoms with van der Waals surface area (Å²) < 4.78 is 10.3. The zero-order valence-electron chi connectivity index (χ0n) is 15.0. The van der Waals surface area contributed by atoms with Crippen molar-refractivity contribution in [3.05, 3.63) is 62.7 Å². The molecule has 3 rings (SSSR count). The third-order valence-electron chi connectivity index (χ3n) is 4.40. The van der Waals surface area contributed by atoms with Crippen molar-refractivity contribution in [2.75, 3.05) is 25.2 Å². The second-order valence-electron chi connectivity index (χ2n) is 6.14. The average molecular weight is 405 g/mol. The number of nitrogens with zero attached hydrogens (tertiary/aromatic N) is 2. The summed E-state index contributed by atoms with van der Waals surface area (Å²) in [6, 6.07) is 8.89. The number of rotatable bonds is 5. The lowest BCUT2D eigenvalue weighted by molar-refractivity contribution is -0.384. The van der Waals surface area contributed by atoms with Crippen LogP contribution in [0.15, 0.2) is 36.4 Å². The summed E-state index contributed by atoms with van der Waals surface area (Å²) in [6.45, 7) is -0.0212. The number of fused-ring (bicyclic) bond motifs is 1. The van der Waals surface area contributed by atoms with E-state index in [0.717, 1.165) is 5.56 Å². The van der Waals surface area contributed by atoms with Crippen LogP contribution < -0.4 is 9.64 Å². The minimum Gasteiger partial charge on any atom is -0.496 e. The highest BCUT2D eigenvalue weighted by Gasteiger charge is 2.25. The van der Waals surface area contributed by atoms with Gasteiger partial charge in [0.05, 0.1) is 12.0 Å². The topological polar surface area (TPSA) is 99.0 Å². The Morgan fingerprint density at radius 1 is 1.25 bits per heavy atom. The molecule has 2 aromatic rings. The van der Waals surface area contributed by atoms with Crippen LogP contribution in [0.25, 0.3) is 0 Å². The maximum atomic E-state index is 12.6. The number of esters is 1. The molecule has 0 aromatic heterocycles. The molecule has 0 radical (unpaired) electrons. The van der Waals surface area contributed by atoms with Crippen LogP contribution in [-0.4, -0.2) is 37.1 Å². The molecule has 1 heterocycles. The molecule has 1 aliphatic rings. The molecular formula is C19H17ClN2O6. The van der Waals surface area contributed by atoms with E-state index >= 15 is 0 Å². The van der Waals surface area contributed by atoms with Crippen molar-refractivity contribution in [1.82, 2.24) is 0 Å². The van der Waals surface area contributed by atoms with Gasteiger partial charge in [0, 0.05) is 29.4 Å². The highest BCUT2D eigenvalue weighted by molar-refractivity contribution is 6.31. The van der Waals surface area contributed by atoms with Crippen LogP contribution in [0.2, 0.25) is 5.02 Å². The first-order valence-corrected chi connectivity index (χ1v) is 8.87. The molecule has 9 heteroatoms. The van der Waals surface area contributed by atoms with Gasteiger partial charge in [0.1, 0.15) is 11.3 Å². The fraction of sp³-hybridized carbons (Fsp3) is 0.263. The molecule has 0 N–H and O–H groups in total. The Hall–Kier alpha value is -3.13. The zero-order chi connectivity index (χ0) is 20.3. The van der Waals surface area contributed by atoms with Crippen molar-refractivity contribution < 1.29 is 24.0 Å². The number of ether oxygens (including phenoxy) is 2.